The topological polar surface area (TPSA) is 27.8 Å². The van der Waals surface area contributed by atoms with E-state index >= 15 is 0 Å². The zero-order valence-corrected chi connectivity index (χ0v) is 11.7. The van der Waals surface area contributed by atoms with Crippen molar-refractivity contribution >= 4 is 26.8 Å². The van der Waals surface area contributed by atoms with Crippen molar-refractivity contribution in [2.24, 2.45) is 0 Å². The van der Waals surface area contributed by atoms with Crippen molar-refractivity contribution in [1.29, 1.82) is 0 Å². The fraction of sp³-hybridized carbons (Fsp3) is 0.385. The minimum absolute atomic E-state index is 0.321. The summed E-state index contributed by atoms with van der Waals surface area (Å²) in [5, 5.41) is 4.52. The molecule has 16 heavy (non-hydrogen) atoms. The van der Waals surface area contributed by atoms with Crippen LogP contribution in [0, 0.1) is 13.8 Å². The molecule has 1 atom stereocenters. The Morgan fingerprint density at radius 2 is 2.00 bits per heavy atom. The number of hydrogen-bond donors (Lipinski definition) is 2. The van der Waals surface area contributed by atoms with Crippen molar-refractivity contribution in [3.8, 4) is 0 Å². The monoisotopic (exact) mass is 280 g/mol. The molecule has 0 saturated carbocycles. The lowest BCUT2D eigenvalue weighted by Crippen LogP contribution is -2.12. The highest BCUT2D eigenvalue weighted by Gasteiger charge is 2.15. The number of aromatic amines is 1. The summed E-state index contributed by atoms with van der Waals surface area (Å²) in [4.78, 5) is 3.51. The van der Waals surface area contributed by atoms with Gasteiger partial charge in [-0.05, 0) is 54.9 Å². The Labute approximate surface area is 105 Å². The Morgan fingerprint density at radius 3 is 2.62 bits per heavy atom. The number of rotatable bonds is 2. The van der Waals surface area contributed by atoms with Gasteiger partial charge in [-0.25, -0.2) is 0 Å². The third-order valence-electron chi connectivity index (χ3n) is 3.33. The maximum atomic E-state index is 3.68. The molecule has 0 bridgehead atoms. The molecule has 0 aliphatic heterocycles. The van der Waals surface area contributed by atoms with Gasteiger partial charge in [-0.3, -0.25) is 0 Å². The number of halogens is 1. The first kappa shape index (κ1) is 11.7. The second kappa shape index (κ2) is 4.22. The number of hydrogen-bond acceptors (Lipinski definition) is 1. The van der Waals surface area contributed by atoms with Crippen LogP contribution in [-0.4, -0.2) is 12.0 Å². The molecule has 2 rings (SSSR count). The van der Waals surface area contributed by atoms with Crippen LogP contribution in [0.4, 0.5) is 0 Å². The predicted octanol–water partition coefficient (Wildman–Crippen LogP) is 3.83. The smallest absolute Gasteiger partial charge is 0.0500 e. The van der Waals surface area contributed by atoms with E-state index in [2.05, 4.69) is 59.1 Å². The first-order chi connectivity index (χ1) is 7.56. The molecule has 2 nitrogen and oxygen atoms in total. The van der Waals surface area contributed by atoms with E-state index in [-0.39, 0.29) is 0 Å². The van der Waals surface area contributed by atoms with Crippen molar-refractivity contribution < 1.29 is 0 Å². The van der Waals surface area contributed by atoms with Gasteiger partial charge in [0.2, 0.25) is 0 Å². The number of fused-ring (bicyclic) bond motifs is 1. The maximum absolute atomic E-state index is 3.68. The van der Waals surface area contributed by atoms with Crippen LogP contribution in [0.2, 0.25) is 0 Å². The molecule has 0 aliphatic carbocycles. The molecule has 0 fully saturated rings. The highest BCUT2D eigenvalue weighted by molar-refractivity contribution is 9.10. The Bertz CT molecular complexity index is 528. The molecule has 0 aliphatic rings. The second-order valence-corrected chi connectivity index (χ2v) is 5.09. The van der Waals surface area contributed by atoms with E-state index in [0.29, 0.717) is 6.04 Å². The van der Waals surface area contributed by atoms with Crippen LogP contribution < -0.4 is 5.32 Å². The zero-order chi connectivity index (χ0) is 11.9. The van der Waals surface area contributed by atoms with Crippen LogP contribution in [0.1, 0.15) is 29.8 Å². The Kier molecular flexibility index (Phi) is 3.08. The van der Waals surface area contributed by atoms with Crippen LogP contribution >= 0.6 is 15.9 Å². The Morgan fingerprint density at radius 1 is 1.31 bits per heavy atom. The standard InChI is InChI=1S/C13H17BrN2/c1-7-5-6-10-11(14)13(9(3)15-4)16-12(10)8(7)2/h5-6,9,15-16H,1-4H3. The van der Waals surface area contributed by atoms with Gasteiger partial charge in [-0.15, -0.1) is 0 Å². The normalized spacial score (nSPS) is 13.3. The van der Waals surface area contributed by atoms with Crippen LogP contribution in [-0.2, 0) is 0 Å². The molecule has 86 valence electrons. The van der Waals surface area contributed by atoms with Crippen LogP contribution in [0.5, 0.6) is 0 Å². The average molecular weight is 281 g/mol. The van der Waals surface area contributed by atoms with Gasteiger partial charge >= 0.3 is 0 Å². The largest absolute Gasteiger partial charge is 0.356 e. The predicted molar refractivity (Wildman–Crippen MR) is 72.9 cm³/mol. The summed E-state index contributed by atoms with van der Waals surface area (Å²) in [5.74, 6) is 0. The van der Waals surface area contributed by atoms with Gasteiger partial charge in [0.25, 0.3) is 0 Å². The summed E-state index contributed by atoms with van der Waals surface area (Å²) in [6, 6.07) is 4.66. The molecule has 2 aromatic rings. The fourth-order valence-electron chi connectivity index (χ4n) is 1.94. The number of nitrogens with one attached hydrogen (secondary N) is 2. The molecule has 2 N–H and O–H groups in total. The first-order valence-electron chi connectivity index (χ1n) is 5.50. The van der Waals surface area contributed by atoms with E-state index in [0.717, 1.165) is 0 Å². The number of aryl methyl sites for hydroxylation is 2. The summed E-state index contributed by atoms with van der Waals surface area (Å²) in [6.45, 7) is 6.46. The van der Waals surface area contributed by atoms with E-state index in [9.17, 15) is 0 Å². The number of aromatic nitrogens is 1. The lowest BCUT2D eigenvalue weighted by Gasteiger charge is -2.08. The second-order valence-electron chi connectivity index (χ2n) is 4.29. The molecule has 0 amide bonds. The fourth-order valence-corrected chi connectivity index (χ4v) is 2.71. The average Bonchev–Trinajstić information content (AvgIpc) is 2.61. The highest BCUT2D eigenvalue weighted by Crippen LogP contribution is 2.33. The van der Waals surface area contributed by atoms with E-state index in [4.69, 9.17) is 0 Å². The van der Waals surface area contributed by atoms with Crippen molar-refractivity contribution in [2.45, 2.75) is 26.8 Å². The molecule has 1 unspecified atom stereocenters. The van der Waals surface area contributed by atoms with Crippen molar-refractivity contribution in [3.05, 3.63) is 33.4 Å². The molecule has 1 aromatic heterocycles. The van der Waals surface area contributed by atoms with Crippen molar-refractivity contribution in [3.63, 3.8) is 0 Å². The van der Waals surface area contributed by atoms with Gasteiger partial charge in [0.05, 0.1) is 5.52 Å². The van der Waals surface area contributed by atoms with Crippen LogP contribution in [0.25, 0.3) is 10.9 Å². The minimum atomic E-state index is 0.321. The molecule has 0 radical (unpaired) electrons. The van der Waals surface area contributed by atoms with Crippen molar-refractivity contribution in [1.82, 2.24) is 10.3 Å². The van der Waals surface area contributed by atoms with Gasteiger partial charge in [0.1, 0.15) is 0 Å². The van der Waals surface area contributed by atoms with E-state index in [1.54, 1.807) is 0 Å². The summed E-state index contributed by atoms with van der Waals surface area (Å²) in [5.41, 5.74) is 5.10. The lowest BCUT2D eigenvalue weighted by molar-refractivity contribution is 0.635. The molecule has 0 spiro atoms. The SMILES string of the molecule is CNC(C)c1[nH]c2c(C)c(C)ccc2c1Br. The molecular formula is C13H17BrN2. The third kappa shape index (κ3) is 1.68. The summed E-state index contributed by atoms with van der Waals surface area (Å²) < 4.78 is 1.17. The molecule has 0 saturated heterocycles. The Balaban J connectivity index is 2.72. The summed E-state index contributed by atoms with van der Waals surface area (Å²) >= 11 is 3.68. The highest BCUT2D eigenvalue weighted by atomic mass is 79.9. The minimum Gasteiger partial charge on any atom is -0.356 e. The van der Waals surface area contributed by atoms with E-state index < -0.39 is 0 Å². The van der Waals surface area contributed by atoms with Gasteiger partial charge in [0.15, 0.2) is 0 Å². The van der Waals surface area contributed by atoms with Crippen LogP contribution in [0.15, 0.2) is 16.6 Å². The first-order valence-corrected chi connectivity index (χ1v) is 6.30. The number of H-pyrrole nitrogens is 1. The van der Waals surface area contributed by atoms with Gasteiger partial charge in [0, 0.05) is 21.6 Å². The van der Waals surface area contributed by atoms with Gasteiger partial charge < -0.3 is 10.3 Å². The molecule has 3 heteroatoms. The summed E-state index contributed by atoms with van der Waals surface area (Å²) in [7, 11) is 1.97. The quantitative estimate of drug-likeness (QED) is 0.860. The lowest BCUT2D eigenvalue weighted by atomic mass is 10.1. The third-order valence-corrected chi connectivity index (χ3v) is 4.19. The number of benzene rings is 1. The van der Waals surface area contributed by atoms with Gasteiger partial charge in [-0.1, -0.05) is 12.1 Å². The molecule has 1 heterocycles. The van der Waals surface area contributed by atoms with E-state index in [1.807, 2.05) is 7.05 Å². The maximum Gasteiger partial charge on any atom is 0.0500 e. The van der Waals surface area contributed by atoms with E-state index in [1.165, 1.54) is 32.2 Å². The Hall–Kier alpha value is -0.800. The zero-order valence-electron chi connectivity index (χ0n) is 10.1. The van der Waals surface area contributed by atoms with Crippen molar-refractivity contribution in [2.75, 3.05) is 7.05 Å². The van der Waals surface area contributed by atoms with Crippen LogP contribution in [0.3, 0.4) is 0 Å². The molecular weight excluding hydrogens is 264 g/mol. The van der Waals surface area contributed by atoms with Gasteiger partial charge in [-0.2, -0.15) is 0 Å². The summed E-state index contributed by atoms with van der Waals surface area (Å²) in [6.07, 6.45) is 0. The molecule has 1 aromatic carbocycles.